The summed E-state index contributed by atoms with van der Waals surface area (Å²) in [5, 5.41) is 0. The molecule has 3 heterocycles. The number of aromatic nitrogens is 1. The summed E-state index contributed by atoms with van der Waals surface area (Å²) >= 11 is 0. The minimum absolute atomic E-state index is 0.137. The summed E-state index contributed by atoms with van der Waals surface area (Å²) in [6, 6.07) is 21.3. The van der Waals surface area contributed by atoms with Gasteiger partial charge in [0.2, 0.25) is 10.0 Å². The van der Waals surface area contributed by atoms with Crippen LogP contribution in [0.3, 0.4) is 0 Å². The average molecular weight is 538 g/mol. The fraction of sp³-hybridized carbons (Fsp3) is 0.357. The quantitative estimate of drug-likeness (QED) is 0.428. The molecule has 0 bridgehead atoms. The highest BCUT2D eigenvalue weighted by atomic mass is 32.2. The number of rotatable bonds is 8. The lowest BCUT2D eigenvalue weighted by molar-refractivity contribution is 0.0341. The molecule has 9 nitrogen and oxygen atoms in total. The minimum Gasteiger partial charge on any atom is -0.486 e. The van der Waals surface area contributed by atoms with Gasteiger partial charge < -0.3 is 19.1 Å². The molecule has 0 N–H and O–H groups in total. The van der Waals surface area contributed by atoms with Crippen LogP contribution in [-0.2, 0) is 20.5 Å². The van der Waals surface area contributed by atoms with Gasteiger partial charge in [0.25, 0.3) is 0 Å². The molecule has 2 fully saturated rings. The van der Waals surface area contributed by atoms with E-state index in [4.69, 9.17) is 14.2 Å². The Labute approximate surface area is 223 Å². The standard InChI is InChI=1S/C28H31N3O6S/c1-35-26-18-30(28(32)37-22-10-3-2-4-11-22)19-27(26)36-23-12-7-9-21(17-23)20-38(33,34)31-16-8-14-25(31)24-13-5-6-15-29-24/h2-7,9-13,15,17,25-27H,8,14,16,18-20H2,1H3/t25?,26-,27-/m1/s1. The molecule has 0 spiro atoms. The van der Waals surface area contributed by atoms with Crippen molar-refractivity contribution >= 4 is 16.1 Å². The van der Waals surface area contributed by atoms with Crippen LogP contribution in [0.15, 0.2) is 79.0 Å². The van der Waals surface area contributed by atoms with E-state index in [9.17, 15) is 13.2 Å². The van der Waals surface area contributed by atoms with Gasteiger partial charge in [-0.1, -0.05) is 36.4 Å². The third-order valence-corrected chi connectivity index (χ3v) is 8.70. The van der Waals surface area contributed by atoms with Crippen molar-refractivity contribution in [3.8, 4) is 11.5 Å². The zero-order valence-corrected chi connectivity index (χ0v) is 22.0. The molecule has 0 saturated carbocycles. The second-order valence-electron chi connectivity index (χ2n) is 9.44. The highest BCUT2D eigenvalue weighted by molar-refractivity contribution is 7.88. The molecule has 3 aromatic rings. The first kappa shape index (κ1) is 26.1. The Morgan fingerprint density at radius 1 is 0.974 bits per heavy atom. The van der Waals surface area contributed by atoms with E-state index in [1.165, 1.54) is 0 Å². The van der Waals surface area contributed by atoms with E-state index in [0.717, 1.165) is 18.5 Å². The van der Waals surface area contributed by atoms with Crippen LogP contribution < -0.4 is 9.47 Å². The molecule has 0 aliphatic carbocycles. The van der Waals surface area contributed by atoms with Gasteiger partial charge in [-0.2, -0.15) is 4.31 Å². The summed E-state index contributed by atoms with van der Waals surface area (Å²) in [5.41, 5.74) is 1.40. The molecule has 2 saturated heterocycles. The average Bonchev–Trinajstić information content (AvgIpc) is 3.58. The number of likely N-dealkylation sites (tertiary alicyclic amines) is 1. The smallest absolute Gasteiger partial charge is 0.415 e. The van der Waals surface area contributed by atoms with Gasteiger partial charge in [0.15, 0.2) is 0 Å². The maximum Gasteiger partial charge on any atom is 0.415 e. The molecule has 2 aromatic carbocycles. The molecular formula is C28H31N3O6S. The molecule has 2 aliphatic heterocycles. The Morgan fingerprint density at radius 2 is 1.74 bits per heavy atom. The zero-order chi connectivity index (χ0) is 26.5. The molecule has 5 rings (SSSR count). The van der Waals surface area contributed by atoms with Crippen LogP contribution in [0.5, 0.6) is 11.5 Å². The number of amides is 1. The molecule has 0 radical (unpaired) electrons. The van der Waals surface area contributed by atoms with Gasteiger partial charge in [-0.25, -0.2) is 13.2 Å². The highest BCUT2D eigenvalue weighted by Gasteiger charge is 2.39. The third-order valence-electron chi connectivity index (χ3n) is 6.85. The van der Waals surface area contributed by atoms with Crippen molar-refractivity contribution in [3.05, 3.63) is 90.3 Å². The number of ether oxygens (including phenoxy) is 3. The number of para-hydroxylation sites is 1. The number of nitrogens with zero attached hydrogens (tertiary/aromatic N) is 3. The normalized spacial score (nSPS) is 21.9. The third kappa shape index (κ3) is 5.98. The molecule has 10 heteroatoms. The minimum atomic E-state index is -3.58. The zero-order valence-electron chi connectivity index (χ0n) is 21.2. The SMILES string of the molecule is CO[C@@H]1CN(C(=O)Oc2ccccc2)C[C@H]1Oc1cccc(CS(=O)(=O)N2CCCC2c2ccccn2)c1. The molecule has 3 atom stereocenters. The summed E-state index contributed by atoms with van der Waals surface area (Å²) in [6.45, 7) is 1.09. The van der Waals surface area contributed by atoms with Gasteiger partial charge in [0.1, 0.15) is 23.7 Å². The topological polar surface area (TPSA) is 98.3 Å². The lowest BCUT2D eigenvalue weighted by atomic mass is 10.1. The van der Waals surface area contributed by atoms with E-state index in [-0.39, 0.29) is 24.4 Å². The van der Waals surface area contributed by atoms with Crippen molar-refractivity contribution in [1.29, 1.82) is 0 Å². The molecule has 200 valence electrons. The van der Waals surface area contributed by atoms with Crippen LogP contribution in [0.1, 0.15) is 30.1 Å². The molecular weight excluding hydrogens is 506 g/mol. The van der Waals surface area contributed by atoms with Gasteiger partial charge in [-0.05, 0) is 54.8 Å². The number of carbonyl (C=O) groups excluding carboxylic acids is 1. The van der Waals surface area contributed by atoms with E-state index in [1.807, 2.05) is 24.3 Å². The van der Waals surface area contributed by atoms with Gasteiger partial charge in [0, 0.05) is 19.9 Å². The molecule has 1 aromatic heterocycles. The first-order valence-electron chi connectivity index (χ1n) is 12.6. The van der Waals surface area contributed by atoms with Crippen molar-refractivity contribution in [1.82, 2.24) is 14.2 Å². The van der Waals surface area contributed by atoms with Gasteiger partial charge in [-0.15, -0.1) is 0 Å². The van der Waals surface area contributed by atoms with Crippen molar-refractivity contribution in [3.63, 3.8) is 0 Å². The summed E-state index contributed by atoms with van der Waals surface area (Å²) < 4.78 is 45.6. The van der Waals surface area contributed by atoms with Crippen LogP contribution in [0.25, 0.3) is 0 Å². The van der Waals surface area contributed by atoms with Gasteiger partial charge in [0.05, 0.1) is 30.6 Å². The number of hydrogen-bond donors (Lipinski definition) is 0. The Hall–Kier alpha value is -3.47. The van der Waals surface area contributed by atoms with Crippen LogP contribution >= 0.6 is 0 Å². The Bertz CT molecular complexity index is 1340. The predicted molar refractivity (Wildman–Crippen MR) is 141 cm³/mol. The Balaban J connectivity index is 1.24. The highest BCUT2D eigenvalue weighted by Crippen LogP contribution is 2.34. The number of benzene rings is 2. The van der Waals surface area contributed by atoms with Crippen molar-refractivity contribution < 1.29 is 27.4 Å². The van der Waals surface area contributed by atoms with E-state index < -0.39 is 22.2 Å². The summed E-state index contributed by atoms with van der Waals surface area (Å²) in [7, 11) is -2.00. The number of pyridine rings is 1. The fourth-order valence-corrected chi connectivity index (χ4v) is 6.78. The maximum absolute atomic E-state index is 13.4. The van der Waals surface area contributed by atoms with Gasteiger partial charge in [-0.3, -0.25) is 4.98 Å². The van der Waals surface area contributed by atoms with Crippen LogP contribution in [0.4, 0.5) is 4.79 Å². The van der Waals surface area contributed by atoms with E-state index in [2.05, 4.69) is 4.98 Å². The van der Waals surface area contributed by atoms with Crippen molar-refractivity contribution in [2.24, 2.45) is 0 Å². The van der Waals surface area contributed by atoms with Crippen molar-refractivity contribution in [2.45, 2.75) is 36.8 Å². The van der Waals surface area contributed by atoms with E-state index >= 15 is 0 Å². The fourth-order valence-electron chi connectivity index (χ4n) is 5.01. The lowest BCUT2D eigenvalue weighted by Crippen LogP contribution is -2.33. The van der Waals surface area contributed by atoms with Crippen LogP contribution in [0.2, 0.25) is 0 Å². The van der Waals surface area contributed by atoms with Crippen molar-refractivity contribution in [2.75, 3.05) is 26.7 Å². The number of sulfonamides is 1. The van der Waals surface area contributed by atoms with Gasteiger partial charge >= 0.3 is 6.09 Å². The Kier molecular flexibility index (Phi) is 7.92. The molecule has 2 aliphatic rings. The van der Waals surface area contributed by atoms with Crippen LogP contribution in [0, 0.1) is 0 Å². The molecule has 1 unspecified atom stereocenters. The van der Waals surface area contributed by atoms with Crippen LogP contribution in [-0.4, -0.2) is 67.7 Å². The lowest BCUT2D eigenvalue weighted by Gasteiger charge is -2.24. The number of carbonyl (C=O) groups is 1. The summed E-state index contributed by atoms with van der Waals surface area (Å²) in [6.07, 6.45) is 1.99. The number of methoxy groups -OCH3 is 1. The predicted octanol–water partition coefficient (Wildman–Crippen LogP) is 4.03. The molecule has 38 heavy (non-hydrogen) atoms. The second kappa shape index (κ2) is 11.5. The first-order valence-corrected chi connectivity index (χ1v) is 14.2. The first-order chi connectivity index (χ1) is 18.4. The summed E-state index contributed by atoms with van der Waals surface area (Å²) in [5.74, 6) is 0.847. The summed E-state index contributed by atoms with van der Waals surface area (Å²) in [4.78, 5) is 18.6. The van der Waals surface area contributed by atoms with E-state index in [1.54, 1.807) is 71.0 Å². The largest absolute Gasteiger partial charge is 0.486 e. The Morgan fingerprint density at radius 3 is 2.50 bits per heavy atom. The maximum atomic E-state index is 13.4. The monoisotopic (exact) mass is 537 g/mol. The number of hydrogen-bond acceptors (Lipinski definition) is 7. The second-order valence-corrected chi connectivity index (χ2v) is 11.4. The molecule has 1 amide bonds. The van der Waals surface area contributed by atoms with E-state index in [0.29, 0.717) is 30.2 Å².